The number of carbonyl (C=O) groups excluding carboxylic acids is 4. The molecule has 0 aromatic heterocycles. The number of nitrogens with one attached hydrogen (secondary N) is 1. The van der Waals surface area contributed by atoms with E-state index in [2.05, 4.69) is 24.1 Å². The van der Waals surface area contributed by atoms with Crippen molar-refractivity contribution in [1.29, 1.82) is 0 Å². The van der Waals surface area contributed by atoms with Crippen molar-refractivity contribution < 1.29 is 33.8 Å². The number of aliphatic hydroxyl groups is 1. The van der Waals surface area contributed by atoms with Crippen LogP contribution in [0.5, 0.6) is 0 Å². The average molecular weight is 699 g/mol. The molecule has 11 heteroatoms. The van der Waals surface area contributed by atoms with Crippen LogP contribution in [0.2, 0.25) is 0 Å². The summed E-state index contributed by atoms with van der Waals surface area (Å²) in [5, 5.41) is 13.8. The van der Waals surface area contributed by atoms with E-state index in [1.165, 1.54) is 4.90 Å². The number of amides is 3. The van der Waals surface area contributed by atoms with Gasteiger partial charge in [0, 0.05) is 37.4 Å². The molecule has 2 N–H and O–H groups in total. The van der Waals surface area contributed by atoms with Crippen LogP contribution in [0.1, 0.15) is 58.6 Å². The Kier molecular flexibility index (Phi) is 11.0. The molecule has 0 radical (unpaired) electrons. The van der Waals surface area contributed by atoms with Gasteiger partial charge in [0.2, 0.25) is 11.8 Å². The van der Waals surface area contributed by atoms with Gasteiger partial charge in [-0.15, -0.1) is 0 Å². The quantitative estimate of drug-likeness (QED) is 0.295. The largest absolute Gasteiger partial charge is 0.463 e. The molecule has 4 heterocycles. The lowest BCUT2D eigenvalue weighted by molar-refractivity contribution is -0.147. The number of esters is 1. The highest BCUT2D eigenvalue weighted by Gasteiger charge is 2.72. The van der Waals surface area contributed by atoms with Crippen LogP contribution in [0.3, 0.4) is 0 Å². The number of benzene rings is 2. The van der Waals surface area contributed by atoms with Crippen LogP contribution in [0.25, 0.3) is 0 Å². The second-order valence-corrected chi connectivity index (χ2v) is 14.2. The number of nitrogens with zero attached hydrogens (tertiary/aromatic N) is 3. The van der Waals surface area contributed by atoms with Gasteiger partial charge in [-0.1, -0.05) is 68.5 Å². The molecule has 2 fully saturated rings. The first-order chi connectivity index (χ1) is 24.6. The minimum absolute atomic E-state index is 0.0730. The Bertz CT molecular complexity index is 1640. The lowest BCUT2D eigenvalue weighted by Crippen LogP contribution is -2.58. The van der Waals surface area contributed by atoms with Gasteiger partial charge in [-0.2, -0.15) is 0 Å². The summed E-state index contributed by atoms with van der Waals surface area (Å²) in [6, 6.07) is 14.6. The predicted octanol–water partition coefficient (Wildman–Crippen LogP) is 4.17. The molecule has 1 spiro atoms. The van der Waals surface area contributed by atoms with E-state index in [1.807, 2.05) is 74.5 Å². The van der Waals surface area contributed by atoms with Gasteiger partial charge in [0.05, 0.1) is 36.6 Å². The van der Waals surface area contributed by atoms with Gasteiger partial charge in [-0.05, 0) is 62.4 Å². The number of hydrogen-bond donors (Lipinski definition) is 2. The highest BCUT2D eigenvalue weighted by molar-refractivity contribution is 6.06. The standard InChI is InChI=1S/C40H50N4O7/c1-5-42(6-2)28-17-19-29(20-18-28)43-22-12-21-40-35(38(48)44(36(40)39(43)49)30(24-45)23-26(3)4)34-32(51-40)15-10-11-16-33(46)50-25-31(41-37(34)47)27-13-8-7-9-14-27/h7-10,12-15,17-21,26,30-32,34-36,45H,5-6,11,16,22-25H2,1-4H3,(H,41,47)/b15-10-/t30-,31-,32+,34-,35-,36+,40-/m1/s1. The van der Waals surface area contributed by atoms with Gasteiger partial charge in [0.15, 0.2) is 0 Å². The summed E-state index contributed by atoms with van der Waals surface area (Å²) in [7, 11) is 0. The minimum atomic E-state index is -1.49. The molecule has 3 amide bonds. The monoisotopic (exact) mass is 698 g/mol. The molecule has 51 heavy (non-hydrogen) atoms. The zero-order valence-electron chi connectivity index (χ0n) is 29.9. The average Bonchev–Trinajstić information content (AvgIpc) is 3.52. The van der Waals surface area contributed by atoms with E-state index in [9.17, 15) is 19.5 Å². The number of aliphatic hydroxyl groups excluding tert-OH is 1. The number of ether oxygens (including phenoxy) is 2. The third-order valence-electron chi connectivity index (χ3n) is 10.6. The third kappa shape index (κ3) is 6.93. The number of fused-ring (bicyclic) bond motifs is 2. The molecular formula is C40H50N4O7. The first-order valence-corrected chi connectivity index (χ1v) is 18.3. The van der Waals surface area contributed by atoms with Crippen molar-refractivity contribution >= 4 is 35.1 Å². The van der Waals surface area contributed by atoms with Crippen LogP contribution in [0.4, 0.5) is 11.4 Å². The molecular weight excluding hydrogens is 648 g/mol. The SMILES string of the molecule is CCN(CC)c1ccc(N2CC=C[C@@]34O[C@H]5/C=C\CCC(=O)OC[C@H](c6ccccc6)NC(=O)[C@H]5[C@@H]3C(=O)N([C@@H](CO)CC(C)C)[C@H]4C2=O)cc1. The number of likely N-dealkylation sites (tertiary alicyclic amines) is 1. The Balaban J connectivity index is 1.43. The molecule has 2 saturated heterocycles. The maximum absolute atomic E-state index is 15.0. The van der Waals surface area contributed by atoms with Crippen molar-refractivity contribution in [2.75, 3.05) is 42.6 Å². The maximum Gasteiger partial charge on any atom is 0.306 e. The van der Waals surface area contributed by atoms with Crippen LogP contribution in [-0.4, -0.2) is 90.3 Å². The number of rotatable bonds is 9. The summed E-state index contributed by atoms with van der Waals surface area (Å²) >= 11 is 0. The molecule has 0 bridgehead atoms. The zero-order valence-corrected chi connectivity index (χ0v) is 29.9. The second kappa shape index (κ2) is 15.4. The van der Waals surface area contributed by atoms with Crippen LogP contribution >= 0.6 is 0 Å². The Hall–Kier alpha value is -4.48. The van der Waals surface area contributed by atoms with E-state index < -0.39 is 53.5 Å². The van der Waals surface area contributed by atoms with Crippen molar-refractivity contribution in [3.63, 3.8) is 0 Å². The Morgan fingerprint density at radius 3 is 2.37 bits per heavy atom. The summed E-state index contributed by atoms with van der Waals surface area (Å²) in [5.74, 6) is -3.50. The van der Waals surface area contributed by atoms with E-state index in [4.69, 9.17) is 9.47 Å². The first-order valence-electron chi connectivity index (χ1n) is 18.3. The van der Waals surface area contributed by atoms with E-state index in [1.54, 1.807) is 23.1 Å². The molecule has 2 aromatic rings. The van der Waals surface area contributed by atoms with Crippen LogP contribution in [0, 0.1) is 17.8 Å². The minimum Gasteiger partial charge on any atom is -0.463 e. The topological polar surface area (TPSA) is 129 Å². The van der Waals surface area contributed by atoms with Crippen LogP contribution < -0.4 is 15.1 Å². The Labute approximate surface area is 300 Å². The van der Waals surface area contributed by atoms with Gasteiger partial charge in [-0.25, -0.2) is 0 Å². The van der Waals surface area contributed by atoms with Gasteiger partial charge in [-0.3, -0.25) is 19.2 Å². The normalized spacial score (nSPS) is 29.3. The van der Waals surface area contributed by atoms with Crippen molar-refractivity contribution in [3.8, 4) is 0 Å². The molecule has 0 unspecified atom stereocenters. The number of cyclic esters (lactones) is 1. The van der Waals surface area contributed by atoms with E-state index in [-0.39, 0.29) is 44.0 Å². The summed E-state index contributed by atoms with van der Waals surface area (Å²) in [4.78, 5) is 62.4. The predicted molar refractivity (Wildman–Crippen MR) is 194 cm³/mol. The lowest BCUT2D eigenvalue weighted by atomic mass is 9.77. The maximum atomic E-state index is 15.0. The summed E-state index contributed by atoms with van der Waals surface area (Å²) < 4.78 is 12.5. The summed E-state index contributed by atoms with van der Waals surface area (Å²) in [5.41, 5.74) is 0.981. The van der Waals surface area contributed by atoms with Gasteiger partial charge < -0.3 is 34.6 Å². The highest BCUT2D eigenvalue weighted by Crippen LogP contribution is 2.54. The molecule has 4 aliphatic rings. The van der Waals surface area contributed by atoms with Crippen molar-refractivity contribution in [2.24, 2.45) is 17.8 Å². The van der Waals surface area contributed by atoms with E-state index in [0.29, 0.717) is 18.5 Å². The molecule has 272 valence electrons. The Morgan fingerprint density at radius 2 is 1.71 bits per heavy atom. The Morgan fingerprint density at radius 1 is 0.980 bits per heavy atom. The molecule has 0 saturated carbocycles. The second-order valence-electron chi connectivity index (χ2n) is 14.2. The summed E-state index contributed by atoms with van der Waals surface area (Å²) in [6.07, 6.45) is 7.27. The van der Waals surface area contributed by atoms with Crippen LogP contribution in [0.15, 0.2) is 78.9 Å². The van der Waals surface area contributed by atoms with E-state index >= 15 is 4.79 Å². The fourth-order valence-electron chi connectivity index (χ4n) is 8.25. The molecule has 6 rings (SSSR count). The molecule has 2 aromatic carbocycles. The molecule has 0 aliphatic carbocycles. The smallest absolute Gasteiger partial charge is 0.306 e. The van der Waals surface area contributed by atoms with Gasteiger partial charge >= 0.3 is 5.97 Å². The molecule has 4 aliphatic heterocycles. The third-order valence-corrected chi connectivity index (χ3v) is 10.6. The summed E-state index contributed by atoms with van der Waals surface area (Å²) in [6.45, 7) is 9.71. The highest BCUT2D eigenvalue weighted by atomic mass is 16.5. The molecule has 11 nitrogen and oxygen atoms in total. The van der Waals surface area contributed by atoms with Gasteiger partial charge in [0.1, 0.15) is 18.2 Å². The van der Waals surface area contributed by atoms with Crippen molar-refractivity contribution in [1.82, 2.24) is 10.2 Å². The number of anilines is 2. The first kappa shape index (κ1) is 36.3. The fourth-order valence-corrected chi connectivity index (χ4v) is 8.25. The number of hydrogen-bond acceptors (Lipinski definition) is 8. The fraction of sp³-hybridized carbons (Fsp3) is 0.500. The van der Waals surface area contributed by atoms with Crippen molar-refractivity contribution in [3.05, 3.63) is 84.5 Å². The van der Waals surface area contributed by atoms with Crippen LogP contribution in [-0.2, 0) is 28.7 Å². The molecule has 7 atom stereocenters. The zero-order chi connectivity index (χ0) is 36.3. The number of carbonyl (C=O) groups is 4. The van der Waals surface area contributed by atoms with Gasteiger partial charge in [0.25, 0.3) is 5.91 Å². The number of allylic oxidation sites excluding steroid dienone is 1. The lowest BCUT2D eigenvalue weighted by Gasteiger charge is -2.39. The van der Waals surface area contributed by atoms with Crippen molar-refractivity contribution in [2.45, 2.75) is 76.8 Å². The van der Waals surface area contributed by atoms with E-state index in [0.717, 1.165) is 24.3 Å².